The molecule has 0 bridgehead atoms. The average molecular weight is 231 g/mol. The molecule has 0 fully saturated rings. The number of aryl methyl sites for hydroxylation is 1. The molecule has 0 aromatic carbocycles. The quantitative estimate of drug-likeness (QED) is 0.822. The Labute approximate surface area is 101 Å². The van der Waals surface area contributed by atoms with Gasteiger partial charge in [-0.1, -0.05) is 13.3 Å². The Kier molecular flexibility index (Phi) is 4.07. The van der Waals surface area contributed by atoms with Crippen molar-refractivity contribution in [3.63, 3.8) is 0 Å². The van der Waals surface area contributed by atoms with Crippen LogP contribution in [0.5, 0.6) is 0 Å². The summed E-state index contributed by atoms with van der Waals surface area (Å²) in [6.45, 7) is 3.86. The van der Waals surface area contributed by atoms with E-state index in [0.29, 0.717) is 0 Å². The number of hydrogen-bond acceptors (Lipinski definition) is 4. The van der Waals surface area contributed by atoms with E-state index in [1.807, 2.05) is 23.2 Å². The lowest BCUT2D eigenvalue weighted by atomic mass is 10.2. The Balaban J connectivity index is 1.84. The second kappa shape index (κ2) is 5.98. The first-order valence-corrected chi connectivity index (χ1v) is 5.89. The van der Waals surface area contributed by atoms with Gasteiger partial charge in [0.1, 0.15) is 12.1 Å². The second-order valence-corrected chi connectivity index (χ2v) is 3.87. The summed E-state index contributed by atoms with van der Waals surface area (Å²) in [4.78, 5) is 12.4. The minimum Gasteiger partial charge on any atom is -0.368 e. The fourth-order valence-electron chi connectivity index (χ4n) is 1.62. The Bertz CT molecular complexity index is 438. The van der Waals surface area contributed by atoms with Gasteiger partial charge in [0.05, 0.1) is 6.33 Å². The monoisotopic (exact) mass is 231 g/mol. The van der Waals surface area contributed by atoms with E-state index in [2.05, 4.69) is 27.2 Å². The standard InChI is InChI=1S/C12H17N5/c1-2-3-11-8-12(16-9-15-11)14-5-7-17-6-4-13-10-17/h4,6,8-10H,2-3,5,7H2,1H3,(H,14,15,16). The SMILES string of the molecule is CCCc1cc(NCCn2ccnc2)ncn1. The van der Waals surface area contributed by atoms with Crippen LogP contribution in [-0.2, 0) is 13.0 Å². The molecule has 2 aromatic rings. The van der Waals surface area contributed by atoms with E-state index >= 15 is 0 Å². The predicted octanol–water partition coefficient (Wildman–Crippen LogP) is 1.74. The molecule has 5 heteroatoms. The lowest BCUT2D eigenvalue weighted by molar-refractivity contribution is 0.724. The molecule has 0 atom stereocenters. The maximum atomic E-state index is 4.22. The van der Waals surface area contributed by atoms with E-state index in [1.165, 1.54) is 0 Å². The van der Waals surface area contributed by atoms with Crippen molar-refractivity contribution in [2.24, 2.45) is 0 Å². The first-order valence-electron chi connectivity index (χ1n) is 5.89. The molecule has 1 N–H and O–H groups in total. The molecule has 90 valence electrons. The molecule has 0 saturated carbocycles. The van der Waals surface area contributed by atoms with Crippen LogP contribution in [0.2, 0.25) is 0 Å². The summed E-state index contributed by atoms with van der Waals surface area (Å²) in [5.74, 6) is 0.892. The van der Waals surface area contributed by atoms with Crippen LogP contribution in [0.15, 0.2) is 31.1 Å². The molecule has 0 spiro atoms. The third-order valence-electron chi connectivity index (χ3n) is 2.47. The van der Waals surface area contributed by atoms with Gasteiger partial charge in [-0.3, -0.25) is 0 Å². The molecule has 0 saturated heterocycles. The average Bonchev–Trinajstić information content (AvgIpc) is 2.83. The molecule has 0 unspecified atom stereocenters. The second-order valence-electron chi connectivity index (χ2n) is 3.87. The topological polar surface area (TPSA) is 55.6 Å². The highest BCUT2D eigenvalue weighted by atomic mass is 15.1. The van der Waals surface area contributed by atoms with Crippen molar-refractivity contribution in [1.82, 2.24) is 19.5 Å². The molecular weight excluding hydrogens is 214 g/mol. The number of nitrogens with one attached hydrogen (secondary N) is 1. The Hall–Kier alpha value is -1.91. The maximum absolute atomic E-state index is 4.22. The molecule has 2 aromatic heterocycles. The molecular formula is C12H17N5. The number of hydrogen-bond donors (Lipinski definition) is 1. The predicted molar refractivity (Wildman–Crippen MR) is 66.7 cm³/mol. The zero-order valence-electron chi connectivity index (χ0n) is 10.0. The minimum atomic E-state index is 0.832. The first-order chi connectivity index (χ1) is 8.38. The molecule has 2 rings (SSSR count). The number of anilines is 1. The normalized spacial score (nSPS) is 10.4. The molecule has 17 heavy (non-hydrogen) atoms. The van der Waals surface area contributed by atoms with Gasteiger partial charge in [-0.2, -0.15) is 0 Å². The zero-order chi connectivity index (χ0) is 11.9. The summed E-state index contributed by atoms with van der Waals surface area (Å²) in [5, 5.41) is 3.28. The van der Waals surface area contributed by atoms with Crippen LogP contribution in [0.1, 0.15) is 19.0 Å². The smallest absolute Gasteiger partial charge is 0.129 e. The van der Waals surface area contributed by atoms with Gasteiger partial charge in [0.2, 0.25) is 0 Å². The lowest BCUT2D eigenvalue weighted by Gasteiger charge is -2.06. The van der Waals surface area contributed by atoms with Crippen molar-refractivity contribution in [1.29, 1.82) is 0 Å². The molecule has 0 aliphatic rings. The van der Waals surface area contributed by atoms with Gasteiger partial charge < -0.3 is 9.88 Å². The highest BCUT2D eigenvalue weighted by Gasteiger charge is 1.97. The first kappa shape index (κ1) is 11.6. The summed E-state index contributed by atoms with van der Waals surface area (Å²) in [5.41, 5.74) is 1.09. The molecule has 0 amide bonds. The fraction of sp³-hybridized carbons (Fsp3) is 0.417. The Morgan fingerprint density at radius 1 is 1.35 bits per heavy atom. The van der Waals surface area contributed by atoms with Crippen LogP contribution < -0.4 is 5.32 Å². The van der Waals surface area contributed by atoms with Crippen LogP contribution in [0.3, 0.4) is 0 Å². The summed E-state index contributed by atoms with van der Waals surface area (Å²) >= 11 is 0. The molecule has 2 heterocycles. The molecule has 0 aliphatic heterocycles. The minimum absolute atomic E-state index is 0.832. The van der Waals surface area contributed by atoms with Gasteiger partial charge in [-0.25, -0.2) is 15.0 Å². The molecule has 0 aliphatic carbocycles. The Morgan fingerprint density at radius 2 is 2.29 bits per heavy atom. The van der Waals surface area contributed by atoms with Gasteiger partial charge in [-0.15, -0.1) is 0 Å². The van der Waals surface area contributed by atoms with Crippen LogP contribution in [0.4, 0.5) is 5.82 Å². The lowest BCUT2D eigenvalue weighted by Crippen LogP contribution is -2.10. The zero-order valence-corrected chi connectivity index (χ0v) is 10.0. The van der Waals surface area contributed by atoms with E-state index in [-0.39, 0.29) is 0 Å². The summed E-state index contributed by atoms with van der Waals surface area (Å²) in [6.07, 6.45) is 9.26. The van der Waals surface area contributed by atoms with Gasteiger partial charge >= 0.3 is 0 Å². The Morgan fingerprint density at radius 3 is 3.06 bits per heavy atom. The summed E-state index contributed by atoms with van der Waals surface area (Å²) in [7, 11) is 0. The maximum Gasteiger partial charge on any atom is 0.129 e. The van der Waals surface area contributed by atoms with E-state index in [9.17, 15) is 0 Å². The van der Waals surface area contributed by atoms with Gasteiger partial charge in [0, 0.05) is 37.2 Å². The van der Waals surface area contributed by atoms with E-state index in [0.717, 1.165) is 37.4 Å². The van der Waals surface area contributed by atoms with Crippen molar-refractivity contribution in [2.75, 3.05) is 11.9 Å². The fourth-order valence-corrected chi connectivity index (χ4v) is 1.62. The highest BCUT2D eigenvalue weighted by molar-refractivity contribution is 5.34. The number of rotatable bonds is 6. The molecule has 5 nitrogen and oxygen atoms in total. The molecule has 0 radical (unpaired) electrons. The van der Waals surface area contributed by atoms with E-state index < -0.39 is 0 Å². The van der Waals surface area contributed by atoms with Crippen LogP contribution in [0.25, 0.3) is 0 Å². The van der Waals surface area contributed by atoms with Crippen molar-refractivity contribution < 1.29 is 0 Å². The van der Waals surface area contributed by atoms with Gasteiger partial charge in [0.25, 0.3) is 0 Å². The third-order valence-corrected chi connectivity index (χ3v) is 2.47. The van der Waals surface area contributed by atoms with Gasteiger partial charge in [0.15, 0.2) is 0 Å². The van der Waals surface area contributed by atoms with E-state index in [4.69, 9.17) is 0 Å². The third kappa shape index (κ3) is 3.55. The number of aromatic nitrogens is 4. The van der Waals surface area contributed by atoms with Crippen molar-refractivity contribution in [2.45, 2.75) is 26.3 Å². The number of nitrogens with zero attached hydrogens (tertiary/aromatic N) is 4. The van der Waals surface area contributed by atoms with Crippen LogP contribution in [-0.4, -0.2) is 26.1 Å². The number of imidazole rings is 1. The van der Waals surface area contributed by atoms with Crippen molar-refractivity contribution in [3.05, 3.63) is 36.8 Å². The van der Waals surface area contributed by atoms with E-state index in [1.54, 1.807) is 12.5 Å². The van der Waals surface area contributed by atoms with Crippen LogP contribution >= 0.6 is 0 Å². The van der Waals surface area contributed by atoms with Crippen molar-refractivity contribution in [3.8, 4) is 0 Å². The highest BCUT2D eigenvalue weighted by Crippen LogP contribution is 2.05. The van der Waals surface area contributed by atoms with Crippen LogP contribution in [0, 0.1) is 0 Å². The largest absolute Gasteiger partial charge is 0.368 e. The van der Waals surface area contributed by atoms with Crippen molar-refractivity contribution >= 4 is 5.82 Å². The summed E-state index contributed by atoms with van der Waals surface area (Å²) in [6, 6.07) is 2.01. The van der Waals surface area contributed by atoms with Gasteiger partial charge in [-0.05, 0) is 6.42 Å². The summed E-state index contributed by atoms with van der Waals surface area (Å²) < 4.78 is 2.03.